The van der Waals surface area contributed by atoms with E-state index in [-0.39, 0.29) is 5.41 Å². The molecule has 3 heteroatoms. The van der Waals surface area contributed by atoms with Crippen LogP contribution in [-0.2, 0) is 5.41 Å². The summed E-state index contributed by atoms with van der Waals surface area (Å²) in [6.07, 6.45) is 0. The molecule has 0 aliphatic heterocycles. The number of hydrogen-bond donors (Lipinski definition) is 0. The molecule has 4 rings (SSSR count). The van der Waals surface area contributed by atoms with E-state index in [9.17, 15) is 0 Å². The average molecular weight is 393 g/mol. The quantitative estimate of drug-likeness (QED) is 0.338. The number of thiophene rings is 1. The van der Waals surface area contributed by atoms with Crippen molar-refractivity contribution in [3.8, 4) is 10.4 Å². The Morgan fingerprint density at radius 3 is 1.86 bits per heavy atom. The van der Waals surface area contributed by atoms with Crippen LogP contribution >= 0.6 is 11.3 Å². The fraction of sp³-hybridized carbons (Fsp3) is 0.154. The van der Waals surface area contributed by atoms with Crippen LogP contribution in [0.3, 0.4) is 0 Å². The molecule has 0 spiro atoms. The van der Waals surface area contributed by atoms with E-state index >= 15 is 0 Å². The molecule has 29 heavy (non-hydrogen) atoms. The molecule has 0 N–H and O–H groups in total. The van der Waals surface area contributed by atoms with Crippen LogP contribution in [-0.4, -0.2) is 7.85 Å². The van der Waals surface area contributed by atoms with Crippen molar-refractivity contribution in [2.75, 3.05) is 4.90 Å². The Hall–Kier alpha value is -2.78. The molecule has 0 amide bonds. The van der Waals surface area contributed by atoms with Crippen LogP contribution in [0.1, 0.15) is 26.3 Å². The van der Waals surface area contributed by atoms with Gasteiger partial charge in [0.05, 0.1) is 0 Å². The molecule has 1 nitrogen and oxygen atoms in total. The molecule has 142 valence electrons. The molecule has 0 aliphatic carbocycles. The molecule has 0 bridgehead atoms. The first kappa shape index (κ1) is 19.5. The van der Waals surface area contributed by atoms with Crippen molar-refractivity contribution in [1.29, 1.82) is 0 Å². The van der Waals surface area contributed by atoms with Gasteiger partial charge in [0.1, 0.15) is 12.8 Å². The van der Waals surface area contributed by atoms with E-state index in [1.807, 2.05) is 12.1 Å². The lowest BCUT2D eigenvalue weighted by atomic mass is 9.87. The van der Waals surface area contributed by atoms with E-state index in [0.29, 0.717) is 0 Å². The minimum absolute atomic E-state index is 0.133. The first-order chi connectivity index (χ1) is 13.9. The molecule has 0 atom stereocenters. The maximum atomic E-state index is 5.94. The number of benzene rings is 3. The SMILES string of the molecule is [B]c1ccc(N(c2ccc(C(C)(C)C)cc2)c2ccc(-c3ccccc3)s2)cc1. The second kappa shape index (κ2) is 7.92. The Balaban J connectivity index is 1.77. The zero-order valence-electron chi connectivity index (χ0n) is 17.1. The van der Waals surface area contributed by atoms with Gasteiger partial charge in [0, 0.05) is 16.3 Å². The van der Waals surface area contributed by atoms with Gasteiger partial charge in [-0.2, -0.15) is 0 Å². The predicted octanol–water partition coefficient (Wildman–Crippen LogP) is 6.98. The van der Waals surface area contributed by atoms with E-state index in [0.717, 1.165) is 16.8 Å². The predicted molar refractivity (Wildman–Crippen MR) is 129 cm³/mol. The van der Waals surface area contributed by atoms with Gasteiger partial charge in [0.2, 0.25) is 0 Å². The molecule has 0 fully saturated rings. The molecule has 3 aromatic carbocycles. The van der Waals surface area contributed by atoms with Gasteiger partial charge in [-0.25, -0.2) is 0 Å². The molecule has 0 saturated heterocycles. The van der Waals surface area contributed by atoms with Gasteiger partial charge in [-0.05, 0) is 52.9 Å². The van der Waals surface area contributed by atoms with Gasteiger partial charge in [0.15, 0.2) is 0 Å². The van der Waals surface area contributed by atoms with Crippen molar-refractivity contribution in [3.05, 3.63) is 96.6 Å². The van der Waals surface area contributed by atoms with Crippen LogP contribution in [0.15, 0.2) is 91.0 Å². The summed E-state index contributed by atoms with van der Waals surface area (Å²) in [7, 11) is 5.94. The van der Waals surface area contributed by atoms with E-state index in [4.69, 9.17) is 7.85 Å². The second-order valence-corrected chi connectivity index (χ2v) is 9.29. The number of hydrogen-bond acceptors (Lipinski definition) is 2. The van der Waals surface area contributed by atoms with Crippen LogP contribution in [0.2, 0.25) is 0 Å². The lowest BCUT2D eigenvalue weighted by Crippen LogP contribution is -2.13. The third-order valence-corrected chi connectivity index (χ3v) is 6.13. The van der Waals surface area contributed by atoms with E-state index in [2.05, 4.69) is 105 Å². The molecule has 4 aromatic rings. The zero-order chi connectivity index (χ0) is 20.4. The van der Waals surface area contributed by atoms with Gasteiger partial charge < -0.3 is 4.90 Å². The Kier molecular flexibility index (Phi) is 5.34. The molecular formula is C26H24BNS. The van der Waals surface area contributed by atoms with Crippen molar-refractivity contribution in [1.82, 2.24) is 0 Å². The molecule has 0 saturated carbocycles. The summed E-state index contributed by atoms with van der Waals surface area (Å²) in [5.74, 6) is 0. The van der Waals surface area contributed by atoms with E-state index in [1.54, 1.807) is 11.3 Å². The number of nitrogens with zero attached hydrogens (tertiary/aromatic N) is 1. The summed E-state index contributed by atoms with van der Waals surface area (Å²) < 4.78 is 0. The highest BCUT2D eigenvalue weighted by atomic mass is 32.1. The van der Waals surface area contributed by atoms with Gasteiger partial charge in [-0.3, -0.25) is 0 Å². The average Bonchev–Trinajstić information content (AvgIpc) is 3.20. The van der Waals surface area contributed by atoms with E-state index < -0.39 is 0 Å². The van der Waals surface area contributed by atoms with E-state index in [1.165, 1.54) is 21.0 Å². The monoisotopic (exact) mass is 393 g/mol. The Labute approximate surface area is 179 Å². The fourth-order valence-electron chi connectivity index (χ4n) is 3.34. The summed E-state index contributed by atoms with van der Waals surface area (Å²) in [6, 6.07) is 31.9. The van der Waals surface area contributed by atoms with Gasteiger partial charge in [0.25, 0.3) is 0 Å². The van der Waals surface area contributed by atoms with Crippen LogP contribution in [0.4, 0.5) is 16.4 Å². The summed E-state index contributed by atoms with van der Waals surface area (Å²) in [5, 5.41) is 1.18. The van der Waals surface area contributed by atoms with Crippen LogP contribution < -0.4 is 10.4 Å². The lowest BCUT2D eigenvalue weighted by Gasteiger charge is -2.25. The summed E-state index contributed by atoms with van der Waals surface area (Å²) in [5.41, 5.74) is 5.72. The zero-order valence-corrected chi connectivity index (χ0v) is 17.9. The van der Waals surface area contributed by atoms with Crippen LogP contribution in [0.25, 0.3) is 10.4 Å². The molecule has 0 aliphatic rings. The third kappa shape index (κ3) is 4.30. The van der Waals surface area contributed by atoms with Gasteiger partial charge >= 0.3 is 0 Å². The maximum absolute atomic E-state index is 5.94. The van der Waals surface area contributed by atoms with Crippen molar-refractivity contribution >= 4 is 41.0 Å². The standard InChI is InChI=1S/C26H24BNS/c1-26(2,3)20-9-13-22(14-10-20)28(23-15-11-21(27)12-16-23)25-18-17-24(29-25)19-7-5-4-6-8-19/h4-18H,1-3H3. The summed E-state index contributed by atoms with van der Waals surface area (Å²) in [6.45, 7) is 6.72. The third-order valence-electron chi connectivity index (χ3n) is 5.01. The number of anilines is 3. The Morgan fingerprint density at radius 2 is 1.28 bits per heavy atom. The first-order valence-corrected chi connectivity index (χ1v) is 10.6. The first-order valence-electron chi connectivity index (χ1n) is 9.83. The Morgan fingerprint density at radius 1 is 0.690 bits per heavy atom. The van der Waals surface area contributed by atoms with Crippen molar-refractivity contribution in [3.63, 3.8) is 0 Å². The Bertz CT molecular complexity index is 1070. The topological polar surface area (TPSA) is 3.24 Å². The van der Waals surface area contributed by atoms with Crippen LogP contribution in [0.5, 0.6) is 0 Å². The summed E-state index contributed by atoms with van der Waals surface area (Å²) >= 11 is 1.79. The van der Waals surface area contributed by atoms with Crippen LogP contribution in [0, 0.1) is 0 Å². The lowest BCUT2D eigenvalue weighted by molar-refractivity contribution is 0.590. The molecule has 1 heterocycles. The molecule has 0 unspecified atom stereocenters. The smallest absolute Gasteiger partial charge is 0.113 e. The van der Waals surface area contributed by atoms with Gasteiger partial charge in [-0.1, -0.05) is 80.8 Å². The normalized spacial score (nSPS) is 11.4. The van der Waals surface area contributed by atoms with Gasteiger partial charge in [-0.15, -0.1) is 11.3 Å². The summed E-state index contributed by atoms with van der Waals surface area (Å²) in [4.78, 5) is 3.55. The highest BCUT2D eigenvalue weighted by Crippen LogP contribution is 2.41. The fourth-order valence-corrected chi connectivity index (χ4v) is 4.40. The molecular weight excluding hydrogens is 369 g/mol. The van der Waals surface area contributed by atoms with Crippen molar-refractivity contribution < 1.29 is 0 Å². The minimum atomic E-state index is 0.133. The second-order valence-electron chi connectivity index (χ2n) is 8.23. The largest absolute Gasteiger partial charge is 0.302 e. The van der Waals surface area contributed by atoms with Crippen molar-refractivity contribution in [2.45, 2.75) is 26.2 Å². The number of rotatable bonds is 4. The minimum Gasteiger partial charge on any atom is -0.302 e. The van der Waals surface area contributed by atoms with Crippen molar-refractivity contribution in [2.24, 2.45) is 0 Å². The highest BCUT2D eigenvalue weighted by molar-refractivity contribution is 7.19. The maximum Gasteiger partial charge on any atom is 0.113 e. The highest BCUT2D eigenvalue weighted by Gasteiger charge is 2.17. The molecule has 2 radical (unpaired) electrons. The molecule has 1 aromatic heterocycles.